The molecule has 180 valence electrons. The zero-order valence-electron chi connectivity index (χ0n) is 18.8. The minimum absolute atomic E-state index is 0.0907. The van der Waals surface area contributed by atoms with Gasteiger partial charge in [-0.25, -0.2) is 4.79 Å². The lowest BCUT2D eigenvalue weighted by Gasteiger charge is -2.35. The van der Waals surface area contributed by atoms with Crippen LogP contribution in [-0.4, -0.2) is 40.3 Å². The Morgan fingerprint density at radius 2 is 1.84 bits per heavy atom. The van der Waals surface area contributed by atoms with Crippen molar-refractivity contribution in [3.8, 4) is 0 Å². The van der Waals surface area contributed by atoms with Crippen molar-refractivity contribution in [2.75, 3.05) is 6.54 Å². The maximum absolute atomic E-state index is 13.3. The van der Waals surface area contributed by atoms with Crippen molar-refractivity contribution in [1.29, 1.82) is 0 Å². The zero-order chi connectivity index (χ0) is 23.6. The maximum Gasteiger partial charge on any atom is 0.351 e. The number of benzene rings is 1. The van der Waals surface area contributed by atoms with Gasteiger partial charge in [0, 0.05) is 6.42 Å². The van der Waals surface area contributed by atoms with Crippen molar-refractivity contribution in [2.45, 2.75) is 76.6 Å². The van der Waals surface area contributed by atoms with Crippen LogP contribution in [0.3, 0.4) is 0 Å². The van der Waals surface area contributed by atoms with E-state index in [1.165, 1.54) is 0 Å². The Morgan fingerprint density at radius 1 is 1.19 bits per heavy atom. The van der Waals surface area contributed by atoms with Crippen LogP contribution in [0.25, 0.3) is 0 Å². The monoisotopic (exact) mass is 468 g/mol. The average Bonchev–Trinajstić information content (AvgIpc) is 2.76. The van der Waals surface area contributed by atoms with E-state index in [0.717, 1.165) is 18.4 Å². The number of carbonyl (C=O) groups is 2. The summed E-state index contributed by atoms with van der Waals surface area (Å²) in [6, 6.07) is 9.53. The third-order valence-electron chi connectivity index (χ3n) is 6.13. The SMILES string of the molecule is CC1CCC([C@@H](NC(=O)CCc2ccccc2)P(=O)(O)OC(CCCCN)C(=O)O)CC1. The number of nitrogens with one attached hydrogen (secondary N) is 1. The molecule has 9 heteroatoms. The van der Waals surface area contributed by atoms with Gasteiger partial charge in [0.25, 0.3) is 0 Å². The number of amides is 1. The number of nitrogens with two attached hydrogens (primary N) is 1. The van der Waals surface area contributed by atoms with E-state index >= 15 is 0 Å². The number of carboxylic acid groups (broad SMARTS) is 1. The molecule has 1 saturated carbocycles. The Morgan fingerprint density at radius 3 is 2.44 bits per heavy atom. The number of hydrogen-bond donors (Lipinski definition) is 4. The summed E-state index contributed by atoms with van der Waals surface area (Å²) in [6.45, 7) is 2.54. The standard InChI is InChI=1S/C23H37N2O6P/c1-17-10-13-19(14-11-17)22(25-21(26)15-12-18-7-3-2-4-8-18)32(29,30)31-20(23(27)28)9-5-6-16-24/h2-4,7-8,17,19-20,22H,5-6,9-16,24H2,1H3,(H,25,26)(H,27,28)(H,29,30)/t17?,19?,20?,22-/m0/s1. The molecule has 32 heavy (non-hydrogen) atoms. The molecule has 1 amide bonds. The molecule has 1 aromatic carbocycles. The number of hydrogen-bond acceptors (Lipinski definition) is 5. The van der Waals surface area contributed by atoms with E-state index in [1.54, 1.807) is 0 Å². The number of aryl methyl sites for hydroxylation is 1. The molecule has 0 saturated heterocycles. The van der Waals surface area contributed by atoms with Crippen LogP contribution < -0.4 is 11.1 Å². The minimum Gasteiger partial charge on any atom is -0.479 e. The number of aliphatic carboxylic acids is 1. The Bertz CT molecular complexity index is 767. The Kier molecular flexibility index (Phi) is 10.9. The molecule has 0 heterocycles. The van der Waals surface area contributed by atoms with Crippen molar-refractivity contribution in [1.82, 2.24) is 5.32 Å². The smallest absolute Gasteiger partial charge is 0.351 e. The third-order valence-corrected chi connectivity index (χ3v) is 7.94. The summed E-state index contributed by atoms with van der Waals surface area (Å²) in [4.78, 5) is 35.1. The van der Waals surface area contributed by atoms with Crippen molar-refractivity contribution >= 4 is 19.5 Å². The Hall–Kier alpha value is -1.73. The van der Waals surface area contributed by atoms with Gasteiger partial charge in [-0.05, 0) is 62.5 Å². The summed E-state index contributed by atoms with van der Waals surface area (Å²) < 4.78 is 18.6. The summed E-state index contributed by atoms with van der Waals surface area (Å²) in [5, 5.41) is 12.2. The van der Waals surface area contributed by atoms with Gasteiger partial charge in [-0.15, -0.1) is 0 Å². The molecule has 3 atom stereocenters. The van der Waals surface area contributed by atoms with E-state index in [9.17, 15) is 24.2 Å². The first-order valence-electron chi connectivity index (χ1n) is 11.5. The lowest BCUT2D eigenvalue weighted by molar-refractivity contribution is -0.145. The summed E-state index contributed by atoms with van der Waals surface area (Å²) in [7, 11) is -4.44. The number of carbonyl (C=O) groups excluding carboxylic acids is 1. The number of carboxylic acids is 1. The fourth-order valence-corrected chi connectivity index (χ4v) is 5.98. The third kappa shape index (κ3) is 8.66. The summed E-state index contributed by atoms with van der Waals surface area (Å²) in [6.07, 6.45) is 3.58. The Balaban J connectivity index is 2.10. The predicted octanol–water partition coefficient (Wildman–Crippen LogP) is 3.67. The summed E-state index contributed by atoms with van der Waals surface area (Å²) >= 11 is 0. The van der Waals surface area contributed by atoms with Crippen LogP contribution in [-0.2, 0) is 25.1 Å². The minimum atomic E-state index is -4.44. The van der Waals surface area contributed by atoms with Gasteiger partial charge in [-0.3, -0.25) is 13.9 Å². The summed E-state index contributed by atoms with van der Waals surface area (Å²) in [5.74, 6) is -2.47. The van der Waals surface area contributed by atoms with Crippen LogP contribution in [0.15, 0.2) is 30.3 Å². The predicted molar refractivity (Wildman–Crippen MR) is 123 cm³/mol. The van der Waals surface area contributed by atoms with Crippen molar-refractivity contribution < 1.29 is 28.7 Å². The highest BCUT2D eigenvalue weighted by molar-refractivity contribution is 7.53. The molecule has 0 bridgehead atoms. The van der Waals surface area contributed by atoms with Gasteiger partial charge in [0.2, 0.25) is 5.91 Å². The van der Waals surface area contributed by atoms with Gasteiger partial charge < -0.3 is 21.1 Å². The van der Waals surface area contributed by atoms with E-state index in [0.29, 0.717) is 44.6 Å². The van der Waals surface area contributed by atoms with Gasteiger partial charge in [0.15, 0.2) is 6.10 Å². The molecule has 0 spiro atoms. The fraction of sp³-hybridized carbons (Fsp3) is 0.652. The van der Waals surface area contributed by atoms with Gasteiger partial charge in [0.1, 0.15) is 5.78 Å². The quantitative estimate of drug-likeness (QED) is 0.256. The van der Waals surface area contributed by atoms with Crippen LogP contribution in [0.5, 0.6) is 0 Å². The normalized spacial score (nSPS) is 22.5. The molecule has 1 fully saturated rings. The molecule has 1 aromatic rings. The van der Waals surface area contributed by atoms with Crippen molar-refractivity contribution in [3.63, 3.8) is 0 Å². The molecule has 2 rings (SSSR count). The first-order chi connectivity index (χ1) is 15.2. The second kappa shape index (κ2) is 13.1. The van der Waals surface area contributed by atoms with E-state index in [-0.39, 0.29) is 24.7 Å². The van der Waals surface area contributed by atoms with Crippen LogP contribution >= 0.6 is 7.60 Å². The first kappa shape index (κ1) is 26.5. The van der Waals surface area contributed by atoms with E-state index in [2.05, 4.69) is 12.2 Å². The Labute approximate surface area is 190 Å². The molecule has 0 radical (unpaired) electrons. The largest absolute Gasteiger partial charge is 0.479 e. The second-order valence-electron chi connectivity index (χ2n) is 8.80. The van der Waals surface area contributed by atoms with Gasteiger partial charge in [0.05, 0.1) is 0 Å². The molecule has 8 nitrogen and oxygen atoms in total. The lowest BCUT2D eigenvalue weighted by atomic mass is 9.83. The van der Waals surface area contributed by atoms with Gasteiger partial charge in [-0.1, -0.05) is 50.1 Å². The first-order valence-corrected chi connectivity index (χ1v) is 13.1. The molecule has 0 aromatic heterocycles. The van der Waals surface area contributed by atoms with Gasteiger partial charge >= 0.3 is 13.6 Å². The van der Waals surface area contributed by atoms with Crippen LogP contribution in [0.4, 0.5) is 0 Å². The molecule has 5 N–H and O–H groups in total. The van der Waals surface area contributed by atoms with Crippen LogP contribution in [0.1, 0.15) is 63.9 Å². The highest BCUT2D eigenvalue weighted by Gasteiger charge is 2.43. The molecule has 2 unspecified atom stereocenters. The van der Waals surface area contributed by atoms with Gasteiger partial charge in [-0.2, -0.15) is 0 Å². The van der Waals surface area contributed by atoms with E-state index in [4.69, 9.17) is 10.3 Å². The molecular weight excluding hydrogens is 431 g/mol. The van der Waals surface area contributed by atoms with E-state index < -0.39 is 25.5 Å². The zero-order valence-corrected chi connectivity index (χ0v) is 19.7. The highest BCUT2D eigenvalue weighted by atomic mass is 31.2. The van der Waals surface area contributed by atoms with Crippen molar-refractivity contribution in [2.24, 2.45) is 17.6 Å². The number of rotatable bonds is 13. The van der Waals surface area contributed by atoms with Crippen molar-refractivity contribution in [3.05, 3.63) is 35.9 Å². The molecular formula is C23H37N2O6P. The lowest BCUT2D eigenvalue weighted by Crippen LogP contribution is -2.43. The topological polar surface area (TPSA) is 139 Å². The average molecular weight is 469 g/mol. The molecule has 1 aliphatic rings. The fourth-order valence-electron chi connectivity index (χ4n) is 4.15. The van der Waals surface area contributed by atoms with Crippen LogP contribution in [0.2, 0.25) is 0 Å². The maximum atomic E-state index is 13.3. The van der Waals surface area contributed by atoms with Crippen LogP contribution in [0, 0.1) is 11.8 Å². The van der Waals surface area contributed by atoms with E-state index in [1.807, 2.05) is 30.3 Å². The second-order valence-corrected chi connectivity index (χ2v) is 10.7. The number of unbranched alkanes of at least 4 members (excludes halogenated alkanes) is 1. The summed E-state index contributed by atoms with van der Waals surface area (Å²) in [5.41, 5.74) is 6.46. The highest BCUT2D eigenvalue weighted by Crippen LogP contribution is 2.53. The molecule has 0 aliphatic heterocycles. The molecule has 1 aliphatic carbocycles.